The molecule has 1 aromatic rings. The molecule has 0 radical (unpaired) electrons. The van der Waals surface area contributed by atoms with Gasteiger partial charge in [0.1, 0.15) is 5.69 Å². The van der Waals surface area contributed by atoms with Crippen molar-refractivity contribution in [3.63, 3.8) is 0 Å². The molecule has 19 heavy (non-hydrogen) atoms. The fraction of sp³-hybridized carbons (Fsp3) is 0.455. The topological polar surface area (TPSA) is 108 Å². The smallest absolute Gasteiger partial charge is 0.299 e. The normalized spacial score (nSPS) is 11.9. The molecule has 0 amide bonds. The Labute approximate surface area is 109 Å². The first-order chi connectivity index (χ1) is 8.95. The second-order valence-corrected chi connectivity index (χ2v) is 4.16. The molecule has 1 N–H and O–H groups in total. The van der Waals surface area contributed by atoms with Gasteiger partial charge in [-0.3, -0.25) is 20.2 Å². The minimum absolute atomic E-state index is 0.166. The van der Waals surface area contributed by atoms with E-state index in [4.69, 9.17) is 4.74 Å². The van der Waals surface area contributed by atoms with Crippen LogP contribution in [0.15, 0.2) is 18.2 Å². The van der Waals surface area contributed by atoms with Crippen molar-refractivity contribution >= 4 is 17.1 Å². The molecule has 0 bridgehead atoms. The van der Waals surface area contributed by atoms with Gasteiger partial charge < -0.3 is 10.1 Å². The van der Waals surface area contributed by atoms with E-state index in [2.05, 4.69) is 5.32 Å². The summed E-state index contributed by atoms with van der Waals surface area (Å²) in [6, 6.07) is 3.52. The van der Waals surface area contributed by atoms with Gasteiger partial charge in [0, 0.05) is 19.7 Å². The molecular formula is C11H15N3O5. The fourth-order valence-electron chi connectivity index (χ4n) is 1.56. The zero-order valence-corrected chi connectivity index (χ0v) is 10.7. The molecule has 0 saturated carbocycles. The number of non-ortho nitro benzene ring substituents is 1. The number of nitrogens with zero attached hydrogens (tertiary/aromatic N) is 2. The second-order valence-electron chi connectivity index (χ2n) is 4.16. The van der Waals surface area contributed by atoms with Gasteiger partial charge >= 0.3 is 0 Å². The van der Waals surface area contributed by atoms with Crippen molar-refractivity contribution in [3.05, 3.63) is 38.4 Å². The molecule has 1 rings (SSSR count). The van der Waals surface area contributed by atoms with Crippen LogP contribution in [0.1, 0.15) is 6.92 Å². The average Bonchev–Trinajstić information content (AvgIpc) is 2.36. The van der Waals surface area contributed by atoms with Gasteiger partial charge in [0.05, 0.1) is 22.5 Å². The third-order valence-corrected chi connectivity index (χ3v) is 2.48. The first-order valence-electron chi connectivity index (χ1n) is 5.61. The van der Waals surface area contributed by atoms with Crippen LogP contribution < -0.4 is 5.32 Å². The predicted octanol–water partition coefficient (Wildman–Crippen LogP) is 2.20. The van der Waals surface area contributed by atoms with Gasteiger partial charge in [-0.1, -0.05) is 6.92 Å². The van der Waals surface area contributed by atoms with Crippen molar-refractivity contribution in [1.82, 2.24) is 0 Å². The Morgan fingerprint density at radius 2 is 2.00 bits per heavy atom. The van der Waals surface area contributed by atoms with Crippen molar-refractivity contribution in [2.24, 2.45) is 5.92 Å². The number of rotatable bonds is 7. The lowest BCUT2D eigenvalue weighted by atomic mass is 10.2. The summed E-state index contributed by atoms with van der Waals surface area (Å²) in [5, 5.41) is 24.4. The van der Waals surface area contributed by atoms with Gasteiger partial charge in [-0.15, -0.1) is 0 Å². The van der Waals surface area contributed by atoms with Crippen LogP contribution in [0.3, 0.4) is 0 Å². The number of anilines is 1. The quantitative estimate of drug-likeness (QED) is 0.600. The maximum Gasteiger partial charge on any atom is 0.299 e. The molecule has 0 aliphatic heterocycles. The highest BCUT2D eigenvalue weighted by Gasteiger charge is 2.19. The van der Waals surface area contributed by atoms with Crippen LogP contribution in [-0.4, -0.2) is 30.1 Å². The number of nitro benzene ring substituents is 2. The molecule has 104 valence electrons. The van der Waals surface area contributed by atoms with E-state index >= 15 is 0 Å². The first-order valence-corrected chi connectivity index (χ1v) is 5.61. The molecule has 1 aromatic carbocycles. The van der Waals surface area contributed by atoms with Gasteiger partial charge in [0.25, 0.3) is 11.4 Å². The lowest BCUT2D eigenvalue weighted by Gasteiger charge is -2.12. The Morgan fingerprint density at radius 1 is 1.32 bits per heavy atom. The van der Waals surface area contributed by atoms with Gasteiger partial charge in [-0.25, -0.2) is 0 Å². The number of ether oxygens (including phenoxy) is 1. The van der Waals surface area contributed by atoms with Crippen LogP contribution in [0.25, 0.3) is 0 Å². The molecule has 0 aromatic heterocycles. The molecule has 0 aliphatic carbocycles. The number of hydrogen-bond donors (Lipinski definition) is 1. The first kappa shape index (κ1) is 14.8. The predicted molar refractivity (Wildman–Crippen MR) is 69.3 cm³/mol. The van der Waals surface area contributed by atoms with Crippen LogP contribution in [0.2, 0.25) is 0 Å². The molecule has 1 atom stereocenters. The Hall–Kier alpha value is -2.22. The van der Waals surface area contributed by atoms with Crippen LogP contribution in [-0.2, 0) is 4.74 Å². The summed E-state index contributed by atoms with van der Waals surface area (Å²) in [6.45, 7) is 2.92. The maximum absolute atomic E-state index is 10.9. The Kier molecular flexibility index (Phi) is 5.19. The number of hydrogen-bond acceptors (Lipinski definition) is 6. The van der Waals surface area contributed by atoms with Crippen LogP contribution >= 0.6 is 0 Å². The zero-order valence-electron chi connectivity index (χ0n) is 10.7. The van der Waals surface area contributed by atoms with Crippen molar-refractivity contribution in [2.45, 2.75) is 6.92 Å². The summed E-state index contributed by atoms with van der Waals surface area (Å²) in [5.41, 5.74) is -0.348. The highest BCUT2D eigenvalue weighted by atomic mass is 16.6. The van der Waals surface area contributed by atoms with E-state index in [-0.39, 0.29) is 23.0 Å². The molecule has 0 aliphatic rings. The summed E-state index contributed by atoms with van der Waals surface area (Å²) < 4.78 is 4.96. The number of benzene rings is 1. The van der Waals surface area contributed by atoms with E-state index in [0.29, 0.717) is 13.2 Å². The third kappa shape index (κ3) is 4.18. The molecule has 0 heterocycles. The summed E-state index contributed by atoms with van der Waals surface area (Å²) >= 11 is 0. The van der Waals surface area contributed by atoms with E-state index in [1.807, 2.05) is 6.92 Å². The van der Waals surface area contributed by atoms with Crippen LogP contribution in [0.4, 0.5) is 17.1 Å². The fourth-order valence-corrected chi connectivity index (χ4v) is 1.56. The Morgan fingerprint density at radius 3 is 2.53 bits per heavy atom. The van der Waals surface area contributed by atoms with Gasteiger partial charge in [0.2, 0.25) is 0 Å². The standard InChI is InChI=1S/C11H15N3O5/c1-8(7-19-2)6-12-10-4-3-9(13(15)16)5-11(10)14(17)18/h3-5,8,12H,6-7H2,1-2H3. The molecule has 1 unspecified atom stereocenters. The lowest BCUT2D eigenvalue weighted by molar-refractivity contribution is -0.393. The van der Waals surface area contributed by atoms with E-state index in [9.17, 15) is 20.2 Å². The van der Waals surface area contributed by atoms with Gasteiger partial charge in [-0.05, 0) is 12.0 Å². The molecule has 8 nitrogen and oxygen atoms in total. The summed E-state index contributed by atoms with van der Waals surface area (Å²) in [6.07, 6.45) is 0. The van der Waals surface area contributed by atoms with Crippen LogP contribution in [0.5, 0.6) is 0 Å². The average molecular weight is 269 g/mol. The molecule has 0 fully saturated rings. The summed E-state index contributed by atoms with van der Waals surface area (Å²) in [7, 11) is 1.57. The minimum atomic E-state index is -0.662. The summed E-state index contributed by atoms with van der Waals surface area (Å²) in [5.74, 6) is 0.166. The largest absolute Gasteiger partial charge is 0.384 e. The minimum Gasteiger partial charge on any atom is -0.384 e. The molecular weight excluding hydrogens is 254 g/mol. The second kappa shape index (κ2) is 6.64. The van der Waals surface area contributed by atoms with Crippen molar-refractivity contribution in [3.8, 4) is 0 Å². The zero-order chi connectivity index (χ0) is 14.4. The SMILES string of the molecule is COCC(C)CNc1ccc([N+](=O)[O-])cc1[N+](=O)[O-]. The van der Waals surface area contributed by atoms with Crippen molar-refractivity contribution in [1.29, 1.82) is 0 Å². The van der Waals surface area contributed by atoms with E-state index in [0.717, 1.165) is 6.07 Å². The maximum atomic E-state index is 10.9. The van der Waals surface area contributed by atoms with Gasteiger partial charge in [0.15, 0.2) is 0 Å². The third-order valence-electron chi connectivity index (χ3n) is 2.48. The number of nitro groups is 2. The van der Waals surface area contributed by atoms with Gasteiger partial charge in [-0.2, -0.15) is 0 Å². The van der Waals surface area contributed by atoms with E-state index in [1.54, 1.807) is 7.11 Å². The van der Waals surface area contributed by atoms with E-state index in [1.165, 1.54) is 12.1 Å². The highest BCUT2D eigenvalue weighted by Crippen LogP contribution is 2.28. The Bertz CT molecular complexity index is 477. The highest BCUT2D eigenvalue weighted by molar-refractivity contribution is 5.65. The van der Waals surface area contributed by atoms with E-state index < -0.39 is 9.85 Å². The van der Waals surface area contributed by atoms with Crippen molar-refractivity contribution in [2.75, 3.05) is 25.6 Å². The number of nitrogens with one attached hydrogen (secondary N) is 1. The van der Waals surface area contributed by atoms with Crippen LogP contribution in [0, 0.1) is 26.1 Å². The Balaban J connectivity index is 2.88. The lowest BCUT2D eigenvalue weighted by Crippen LogP contribution is -2.16. The monoisotopic (exact) mass is 269 g/mol. The molecule has 0 saturated heterocycles. The molecule has 0 spiro atoms. The molecule has 8 heteroatoms. The number of methoxy groups -OCH3 is 1. The summed E-state index contributed by atoms with van der Waals surface area (Å²) in [4.78, 5) is 20.2. The van der Waals surface area contributed by atoms with Crippen molar-refractivity contribution < 1.29 is 14.6 Å².